The van der Waals surface area contributed by atoms with E-state index in [1.165, 1.54) is 11.3 Å². The van der Waals surface area contributed by atoms with Gasteiger partial charge in [-0.3, -0.25) is 9.20 Å². The molecule has 1 amide bonds. The third-order valence-corrected chi connectivity index (χ3v) is 5.24. The molecule has 1 N–H and O–H groups in total. The smallest absolute Gasteiger partial charge is 0.274 e. The molecule has 1 saturated carbocycles. The predicted octanol–water partition coefficient (Wildman–Crippen LogP) is 1.01. The van der Waals surface area contributed by atoms with Crippen molar-refractivity contribution in [1.82, 2.24) is 14.3 Å². The zero-order valence-electron chi connectivity index (χ0n) is 11.5. The average molecular weight is 307 g/mol. The van der Waals surface area contributed by atoms with Crippen LogP contribution in [0.3, 0.4) is 0 Å². The fourth-order valence-electron chi connectivity index (χ4n) is 3.43. The molecule has 21 heavy (non-hydrogen) atoms. The van der Waals surface area contributed by atoms with Crippen LogP contribution in [0.1, 0.15) is 23.3 Å². The van der Waals surface area contributed by atoms with E-state index in [1.54, 1.807) is 6.20 Å². The number of aromatic nitrogens is 2. The van der Waals surface area contributed by atoms with Gasteiger partial charge in [0.05, 0.1) is 18.8 Å². The summed E-state index contributed by atoms with van der Waals surface area (Å²) >= 11 is 1.52. The van der Waals surface area contributed by atoms with E-state index in [0.29, 0.717) is 18.8 Å². The van der Waals surface area contributed by atoms with Crippen molar-refractivity contribution in [1.29, 1.82) is 0 Å². The van der Waals surface area contributed by atoms with Gasteiger partial charge in [0.2, 0.25) is 0 Å². The molecule has 112 valence electrons. The Morgan fingerprint density at radius 2 is 2.43 bits per heavy atom. The van der Waals surface area contributed by atoms with Crippen LogP contribution < -0.4 is 0 Å². The van der Waals surface area contributed by atoms with Gasteiger partial charge in [0.1, 0.15) is 5.69 Å². The Hall–Kier alpha value is -1.44. The van der Waals surface area contributed by atoms with Crippen molar-refractivity contribution in [3.05, 3.63) is 23.5 Å². The van der Waals surface area contributed by atoms with Crippen LogP contribution >= 0.6 is 11.3 Å². The van der Waals surface area contributed by atoms with Gasteiger partial charge in [-0.2, -0.15) is 0 Å². The Labute approximate surface area is 126 Å². The Morgan fingerprint density at radius 3 is 3.24 bits per heavy atom. The molecule has 0 bridgehead atoms. The maximum atomic E-state index is 12.7. The largest absolute Gasteiger partial charge is 0.396 e. The van der Waals surface area contributed by atoms with E-state index in [1.807, 2.05) is 20.9 Å². The summed E-state index contributed by atoms with van der Waals surface area (Å²) in [6.45, 7) is 1.33. The second-order valence-electron chi connectivity index (χ2n) is 5.71. The van der Waals surface area contributed by atoms with Gasteiger partial charge in [0.15, 0.2) is 4.96 Å². The molecule has 3 atom stereocenters. The number of imidazole rings is 1. The molecule has 1 aliphatic carbocycles. The van der Waals surface area contributed by atoms with Gasteiger partial charge >= 0.3 is 0 Å². The molecule has 2 aliphatic rings. The summed E-state index contributed by atoms with van der Waals surface area (Å²) in [7, 11) is 0. The third-order valence-electron chi connectivity index (χ3n) is 4.47. The van der Waals surface area contributed by atoms with Crippen LogP contribution in [0.15, 0.2) is 17.8 Å². The minimum atomic E-state index is -0.0252. The number of thiazole rings is 1. The van der Waals surface area contributed by atoms with E-state index in [0.717, 1.165) is 17.8 Å². The van der Waals surface area contributed by atoms with Gasteiger partial charge in [-0.15, -0.1) is 11.3 Å². The highest BCUT2D eigenvalue weighted by atomic mass is 32.1. The fraction of sp³-hybridized carbons (Fsp3) is 0.571. The Kier molecular flexibility index (Phi) is 3.20. The predicted molar refractivity (Wildman–Crippen MR) is 77.4 cm³/mol. The van der Waals surface area contributed by atoms with Crippen LogP contribution in [0.4, 0.5) is 0 Å². The summed E-state index contributed by atoms with van der Waals surface area (Å²) in [6, 6.07) is 0.0723. The van der Waals surface area contributed by atoms with E-state index in [-0.39, 0.29) is 30.6 Å². The number of rotatable bonds is 2. The number of aliphatic hydroxyl groups is 1. The average Bonchev–Trinajstić information content (AvgIpc) is 3.18. The van der Waals surface area contributed by atoms with Crippen LogP contribution in [-0.2, 0) is 4.74 Å². The van der Waals surface area contributed by atoms with Gasteiger partial charge in [-0.05, 0) is 18.8 Å². The zero-order valence-corrected chi connectivity index (χ0v) is 12.3. The summed E-state index contributed by atoms with van der Waals surface area (Å²) < 4.78 is 7.64. The molecule has 2 fully saturated rings. The molecule has 0 aromatic carbocycles. The Balaban J connectivity index is 1.59. The van der Waals surface area contributed by atoms with Crippen molar-refractivity contribution in [2.45, 2.75) is 25.0 Å². The van der Waals surface area contributed by atoms with Crippen LogP contribution in [0.5, 0.6) is 0 Å². The molecule has 2 aromatic heterocycles. The number of hydrogen-bond donors (Lipinski definition) is 1. The van der Waals surface area contributed by atoms with E-state index in [2.05, 4.69) is 4.98 Å². The van der Waals surface area contributed by atoms with E-state index < -0.39 is 0 Å². The lowest BCUT2D eigenvalue weighted by Crippen LogP contribution is -2.51. The summed E-state index contributed by atoms with van der Waals surface area (Å²) in [5, 5.41) is 11.3. The summed E-state index contributed by atoms with van der Waals surface area (Å²) in [5.74, 6) is 0.210. The molecule has 6 nitrogen and oxygen atoms in total. The maximum absolute atomic E-state index is 12.7. The number of nitrogens with zero attached hydrogens (tertiary/aromatic N) is 3. The molecular formula is C14H17N3O3S. The van der Waals surface area contributed by atoms with E-state index in [9.17, 15) is 9.90 Å². The second kappa shape index (κ2) is 5.08. The topological polar surface area (TPSA) is 67.1 Å². The Bertz CT molecular complexity index is 639. The van der Waals surface area contributed by atoms with Crippen molar-refractivity contribution in [2.75, 3.05) is 19.8 Å². The number of fused-ring (bicyclic) bond motifs is 2. The highest BCUT2D eigenvalue weighted by molar-refractivity contribution is 7.15. The Morgan fingerprint density at radius 1 is 1.52 bits per heavy atom. The van der Waals surface area contributed by atoms with E-state index in [4.69, 9.17) is 4.74 Å². The number of morpholine rings is 1. The lowest BCUT2D eigenvalue weighted by molar-refractivity contribution is -0.0450. The van der Waals surface area contributed by atoms with Crippen molar-refractivity contribution in [3.8, 4) is 0 Å². The number of amides is 1. The van der Waals surface area contributed by atoms with Crippen LogP contribution in [0.25, 0.3) is 4.96 Å². The maximum Gasteiger partial charge on any atom is 0.274 e. The van der Waals surface area contributed by atoms with Crippen molar-refractivity contribution < 1.29 is 14.6 Å². The number of carbonyl (C=O) groups excluding carboxylic acids is 1. The molecule has 1 aliphatic heterocycles. The molecule has 2 aromatic rings. The van der Waals surface area contributed by atoms with Gasteiger partial charge < -0.3 is 14.7 Å². The highest BCUT2D eigenvalue weighted by Gasteiger charge is 2.43. The first-order valence-electron chi connectivity index (χ1n) is 7.22. The molecule has 0 unspecified atom stereocenters. The van der Waals surface area contributed by atoms with Crippen molar-refractivity contribution in [3.63, 3.8) is 0 Å². The monoisotopic (exact) mass is 307 g/mol. The normalized spacial score (nSPS) is 29.0. The molecule has 0 spiro atoms. The standard InChI is InChI=1S/C14H17N3O3S/c18-8-9-5-11-12(6-9)20-3-1-17(11)13(19)10-7-16-2-4-21-14(16)15-10/h2,4,7,9,11-12,18H,1,3,5-6,8H2/t9-,11+,12+/m1/s1. The van der Waals surface area contributed by atoms with Gasteiger partial charge in [0.25, 0.3) is 5.91 Å². The van der Waals surface area contributed by atoms with Crippen LogP contribution in [0.2, 0.25) is 0 Å². The van der Waals surface area contributed by atoms with Crippen molar-refractivity contribution in [2.24, 2.45) is 5.92 Å². The number of carbonyl (C=O) groups is 1. The highest BCUT2D eigenvalue weighted by Crippen LogP contribution is 2.34. The summed E-state index contributed by atoms with van der Waals surface area (Å²) in [6.07, 6.45) is 5.40. The van der Waals surface area contributed by atoms with Crippen molar-refractivity contribution >= 4 is 22.2 Å². The SMILES string of the molecule is O=C(c1cn2ccsc2n1)N1CCO[C@H]2C[C@H](CO)C[C@@H]21. The zero-order chi connectivity index (χ0) is 14.4. The number of ether oxygens (including phenoxy) is 1. The molecule has 7 heteroatoms. The third kappa shape index (κ3) is 2.16. The van der Waals surface area contributed by atoms with Crippen LogP contribution in [0, 0.1) is 5.92 Å². The van der Waals surface area contributed by atoms with Crippen LogP contribution in [-0.4, -0.2) is 57.2 Å². The van der Waals surface area contributed by atoms with E-state index >= 15 is 0 Å². The lowest BCUT2D eigenvalue weighted by Gasteiger charge is -2.37. The minimum Gasteiger partial charge on any atom is -0.396 e. The number of hydrogen-bond acceptors (Lipinski definition) is 5. The first-order valence-corrected chi connectivity index (χ1v) is 8.10. The molecule has 0 radical (unpaired) electrons. The molecule has 3 heterocycles. The van der Waals surface area contributed by atoms with Gasteiger partial charge in [0, 0.05) is 30.9 Å². The number of aliphatic hydroxyl groups excluding tert-OH is 1. The fourth-order valence-corrected chi connectivity index (χ4v) is 4.13. The molecule has 4 rings (SSSR count). The molecular weight excluding hydrogens is 290 g/mol. The molecule has 1 saturated heterocycles. The summed E-state index contributed by atoms with van der Waals surface area (Å²) in [4.78, 5) is 19.9. The quantitative estimate of drug-likeness (QED) is 0.899. The van der Waals surface area contributed by atoms with Gasteiger partial charge in [-0.25, -0.2) is 4.98 Å². The first kappa shape index (κ1) is 13.2. The van der Waals surface area contributed by atoms with Gasteiger partial charge in [-0.1, -0.05) is 0 Å². The second-order valence-corrected chi connectivity index (χ2v) is 6.59. The summed E-state index contributed by atoms with van der Waals surface area (Å²) in [5.41, 5.74) is 0.495. The minimum absolute atomic E-state index is 0.0252. The lowest BCUT2D eigenvalue weighted by atomic mass is 10.1. The first-order chi connectivity index (χ1) is 10.3.